The molecule has 0 fully saturated rings. The number of pyridine rings is 1. The smallest absolute Gasteiger partial charge is 0.271 e. The monoisotopic (exact) mass is 393 g/mol. The van der Waals surface area contributed by atoms with Crippen LogP contribution in [0.15, 0.2) is 42.7 Å². The molecular weight excluding hydrogens is 370 g/mol. The minimum atomic E-state index is -0.758. The number of benzene rings is 1. The van der Waals surface area contributed by atoms with Crippen molar-refractivity contribution in [2.24, 2.45) is 17.4 Å². The molecule has 0 aliphatic rings. The molecule has 0 aliphatic heterocycles. The first-order valence-corrected chi connectivity index (χ1v) is 9.18. The average Bonchev–Trinajstić information content (AvgIpc) is 2.67. The summed E-state index contributed by atoms with van der Waals surface area (Å²) in [4.78, 5) is 36.4. The predicted octanol–water partition coefficient (Wildman–Crippen LogP) is 2.18. The van der Waals surface area contributed by atoms with E-state index in [-0.39, 0.29) is 17.4 Å². The van der Waals surface area contributed by atoms with Gasteiger partial charge in [0.05, 0.1) is 23.6 Å². The van der Waals surface area contributed by atoms with Crippen LogP contribution in [-0.4, -0.2) is 32.8 Å². The molecule has 0 bridgehead atoms. The Morgan fingerprint density at radius 2 is 1.86 bits per heavy atom. The van der Waals surface area contributed by atoms with E-state index in [2.05, 4.69) is 25.6 Å². The van der Waals surface area contributed by atoms with Crippen molar-refractivity contribution in [1.82, 2.24) is 15.0 Å². The molecule has 9 nitrogen and oxygen atoms in total. The second-order valence-corrected chi connectivity index (χ2v) is 7.09. The molecule has 0 radical (unpaired) electrons. The van der Waals surface area contributed by atoms with Crippen molar-refractivity contribution >= 4 is 40.0 Å². The Morgan fingerprint density at radius 3 is 2.55 bits per heavy atom. The van der Waals surface area contributed by atoms with Crippen LogP contribution in [0, 0.1) is 5.92 Å². The zero-order chi connectivity index (χ0) is 21.0. The topological polar surface area (TPSA) is 149 Å². The summed E-state index contributed by atoms with van der Waals surface area (Å²) >= 11 is 0. The first-order chi connectivity index (χ1) is 13.8. The van der Waals surface area contributed by atoms with Crippen molar-refractivity contribution < 1.29 is 9.59 Å². The summed E-state index contributed by atoms with van der Waals surface area (Å²) < 4.78 is 0. The van der Waals surface area contributed by atoms with Gasteiger partial charge in [0.2, 0.25) is 5.91 Å². The standard InChI is InChI=1S/C20H23N7O2/c1-11(2)7-15(18(21)28)26-20-17(19(22)29)24-10-16(27-20)25-13-8-12-5-3-4-6-14(12)23-9-13/h3-6,8-11,15H,7H2,1-2H3,(H2,21,28)(H2,22,29)(H2,25,26,27)/t15-/m1/s1. The van der Waals surface area contributed by atoms with Crippen molar-refractivity contribution in [3.8, 4) is 0 Å². The van der Waals surface area contributed by atoms with Gasteiger partial charge < -0.3 is 22.1 Å². The van der Waals surface area contributed by atoms with E-state index in [1.807, 2.05) is 44.2 Å². The van der Waals surface area contributed by atoms with Crippen LogP contribution in [0.25, 0.3) is 10.9 Å². The highest BCUT2D eigenvalue weighted by Crippen LogP contribution is 2.22. The molecule has 3 rings (SSSR count). The molecule has 9 heteroatoms. The van der Waals surface area contributed by atoms with Crippen LogP contribution >= 0.6 is 0 Å². The Balaban J connectivity index is 1.90. The molecule has 1 atom stereocenters. The molecule has 2 amide bonds. The highest BCUT2D eigenvalue weighted by Gasteiger charge is 2.21. The summed E-state index contributed by atoms with van der Waals surface area (Å²) in [5.74, 6) is -0.641. The fraction of sp³-hybridized carbons (Fsp3) is 0.250. The Bertz CT molecular complexity index is 1050. The van der Waals surface area contributed by atoms with E-state index >= 15 is 0 Å². The van der Waals surface area contributed by atoms with E-state index in [1.165, 1.54) is 6.20 Å². The van der Waals surface area contributed by atoms with Crippen molar-refractivity contribution in [3.05, 3.63) is 48.4 Å². The first kappa shape index (κ1) is 20.0. The Labute approximate surface area is 167 Å². The van der Waals surface area contributed by atoms with Gasteiger partial charge in [-0.2, -0.15) is 0 Å². The average molecular weight is 393 g/mol. The number of carbonyl (C=O) groups excluding carboxylic acids is 2. The maximum Gasteiger partial charge on any atom is 0.271 e. The lowest BCUT2D eigenvalue weighted by atomic mass is 10.0. The minimum Gasteiger partial charge on any atom is -0.368 e. The fourth-order valence-corrected chi connectivity index (χ4v) is 2.90. The molecule has 2 heterocycles. The van der Waals surface area contributed by atoms with Gasteiger partial charge in [-0.25, -0.2) is 9.97 Å². The van der Waals surface area contributed by atoms with Crippen LogP contribution in [-0.2, 0) is 4.79 Å². The number of primary amides is 2. The van der Waals surface area contributed by atoms with E-state index in [0.29, 0.717) is 17.9 Å². The number of anilines is 3. The van der Waals surface area contributed by atoms with Gasteiger partial charge in [-0.15, -0.1) is 0 Å². The number of fused-ring (bicyclic) bond motifs is 1. The van der Waals surface area contributed by atoms with E-state index in [1.54, 1.807) is 6.20 Å². The quantitative estimate of drug-likeness (QED) is 0.458. The first-order valence-electron chi connectivity index (χ1n) is 9.18. The molecule has 29 heavy (non-hydrogen) atoms. The Hall–Kier alpha value is -3.75. The molecular formula is C20H23N7O2. The summed E-state index contributed by atoms with van der Waals surface area (Å²) in [7, 11) is 0. The van der Waals surface area contributed by atoms with Crippen LogP contribution in [0.2, 0.25) is 0 Å². The van der Waals surface area contributed by atoms with Gasteiger partial charge in [-0.1, -0.05) is 32.0 Å². The zero-order valence-electron chi connectivity index (χ0n) is 16.2. The van der Waals surface area contributed by atoms with Gasteiger partial charge in [0.15, 0.2) is 17.3 Å². The number of rotatable bonds is 8. The molecule has 0 saturated carbocycles. The van der Waals surface area contributed by atoms with Gasteiger partial charge in [-0.05, 0) is 24.5 Å². The van der Waals surface area contributed by atoms with E-state index in [0.717, 1.165) is 10.9 Å². The number of hydrogen-bond acceptors (Lipinski definition) is 7. The second kappa shape index (κ2) is 8.51. The van der Waals surface area contributed by atoms with Crippen LogP contribution in [0.3, 0.4) is 0 Å². The number of nitrogens with two attached hydrogens (primary N) is 2. The number of hydrogen-bond donors (Lipinski definition) is 4. The lowest BCUT2D eigenvalue weighted by molar-refractivity contribution is -0.119. The Morgan fingerprint density at radius 1 is 1.10 bits per heavy atom. The molecule has 0 saturated heterocycles. The maximum atomic E-state index is 11.8. The van der Waals surface area contributed by atoms with Crippen molar-refractivity contribution in [1.29, 1.82) is 0 Å². The van der Waals surface area contributed by atoms with Crippen molar-refractivity contribution in [2.45, 2.75) is 26.3 Å². The zero-order valence-corrected chi connectivity index (χ0v) is 16.2. The SMILES string of the molecule is CC(C)C[C@@H](Nc1nc(Nc2cnc3ccccc3c2)cnc1C(N)=O)C(N)=O. The van der Waals surface area contributed by atoms with Crippen LogP contribution < -0.4 is 22.1 Å². The molecule has 150 valence electrons. The van der Waals surface area contributed by atoms with Gasteiger partial charge in [0.1, 0.15) is 6.04 Å². The van der Waals surface area contributed by atoms with E-state index < -0.39 is 17.9 Å². The molecule has 0 unspecified atom stereocenters. The largest absolute Gasteiger partial charge is 0.368 e. The third kappa shape index (κ3) is 4.95. The van der Waals surface area contributed by atoms with E-state index in [4.69, 9.17) is 11.5 Å². The van der Waals surface area contributed by atoms with Gasteiger partial charge >= 0.3 is 0 Å². The third-order valence-electron chi connectivity index (χ3n) is 4.23. The minimum absolute atomic E-state index is 0.0674. The number of amides is 2. The molecule has 3 aromatic rings. The van der Waals surface area contributed by atoms with Crippen LogP contribution in [0.4, 0.5) is 17.3 Å². The summed E-state index contributed by atoms with van der Waals surface area (Å²) in [6.07, 6.45) is 3.54. The number of para-hydroxylation sites is 1. The number of nitrogens with zero attached hydrogens (tertiary/aromatic N) is 3. The fourth-order valence-electron chi connectivity index (χ4n) is 2.90. The number of carbonyl (C=O) groups is 2. The summed E-state index contributed by atoms with van der Waals surface area (Å²) in [5, 5.41) is 6.97. The predicted molar refractivity (Wildman–Crippen MR) is 112 cm³/mol. The molecule has 2 aromatic heterocycles. The highest BCUT2D eigenvalue weighted by molar-refractivity contribution is 5.96. The third-order valence-corrected chi connectivity index (χ3v) is 4.23. The summed E-state index contributed by atoms with van der Waals surface area (Å²) in [6, 6.07) is 8.92. The van der Waals surface area contributed by atoms with Crippen LogP contribution in [0.5, 0.6) is 0 Å². The number of nitrogens with one attached hydrogen (secondary N) is 2. The van der Waals surface area contributed by atoms with Crippen LogP contribution in [0.1, 0.15) is 30.8 Å². The molecule has 6 N–H and O–H groups in total. The number of aromatic nitrogens is 3. The molecule has 0 aliphatic carbocycles. The highest BCUT2D eigenvalue weighted by atomic mass is 16.1. The van der Waals surface area contributed by atoms with Gasteiger partial charge in [-0.3, -0.25) is 14.6 Å². The van der Waals surface area contributed by atoms with Crippen molar-refractivity contribution in [2.75, 3.05) is 10.6 Å². The van der Waals surface area contributed by atoms with Gasteiger partial charge in [0.25, 0.3) is 5.91 Å². The molecule has 1 aromatic carbocycles. The lowest BCUT2D eigenvalue weighted by Gasteiger charge is -2.19. The molecule has 0 spiro atoms. The summed E-state index contributed by atoms with van der Waals surface area (Å²) in [5.41, 5.74) is 12.4. The van der Waals surface area contributed by atoms with Crippen molar-refractivity contribution in [3.63, 3.8) is 0 Å². The van der Waals surface area contributed by atoms with E-state index in [9.17, 15) is 9.59 Å². The second-order valence-electron chi connectivity index (χ2n) is 7.09. The van der Waals surface area contributed by atoms with Gasteiger partial charge in [0, 0.05) is 5.39 Å². The lowest BCUT2D eigenvalue weighted by Crippen LogP contribution is -2.37. The summed E-state index contributed by atoms with van der Waals surface area (Å²) in [6.45, 7) is 3.92. The maximum absolute atomic E-state index is 11.8. The Kier molecular flexibility index (Phi) is 5.87. The normalized spacial score (nSPS) is 12.0.